The van der Waals surface area contributed by atoms with Crippen molar-refractivity contribution in [3.8, 4) is 0 Å². The Morgan fingerprint density at radius 2 is 1.38 bits per heavy atom. The molecule has 9 heteroatoms. The van der Waals surface area contributed by atoms with Crippen molar-refractivity contribution in [1.82, 2.24) is 0 Å². The van der Waals surface area contributed by atoms with E-state index >= 15 is 0 Å². The predicted octanol–water partition coefficient (Wildman–Crippen LogP) is -5.49. The van der Waals surface area contributed by atoms with Crippen LogP contribution in [0.3, 0.4) is 0 Å². The smallest absolute Gasteiger partial charge is 0.781 e. The van der Waals surface area contributed by atoms with Crippen LogP contribution in [0.4, 0.5) is 0 Å². The maximum atomic E-state index is 9.29. The van der Waals surface area contributed by atoms with E-state index < -0.39 is 16.5 Å². The average molecular weight is 314 g/mol. The molecule has 1 rings (SSSR count). The van der Waals surface area contributed by atoms with E-state index in [9.17, 15) is 18.9 Å². The van der Waals surface area contributed by atoms with Gasteiger partial charge in [-0.3, -0.25) is 4.31 Å². The molecule has 0 saturated carbocycles. The second kappa shape index (κ2) is 15.9. The van der Waals surface area contributed by atoms with Crippen LogP contribution in [0.1, 0.15) is 5.56 Å². The van der Waals surface area contributed by atoms with E-state index in [2.05, 4.69) is 23.4 Å². The Balaban J connectivity index is -0.000000188. The standard InChI is InChI=1S/C7H8.2K.H4O5P2/c1-7-5-3-2-4-6-7;;;1-6(2)5-7(3)4/h2-6H,1H3;;;6-7H,(H,1,2)(H,3,4)/q;2*+1;/p-2. The van der Waals surface area contributed by atoms with Crippen LogP contribution in [0.25, 0.3) is 0 Å². The van der Waals surface area contributed by atoms with Crippen molar-refractivity contribution in [1.29, 1.82) is 0 Å². The van der Waals surface area contributed by atoms with Gasteiger partial charge in [-0.1, -0.05) is 35.9 Å². The van der Waals surface area contributed by atoms with Gasteiger partial charge in [0, 0.05) is 0 Å². The first-order chi connectivity index (χ1) is 6.52. The summed E-state index contributed by atoms with van der Waals surface area (Å²) >= 11 is 0. The first kappa shape index (κ1) is 23.9. The SMILES string of the molecule is Cc1ccccc1.O=[PH]([O-])O[PH](=O)[O-].[K+].[K+]. The van der Waals surface area contributed by atoms with Crippen molar-refractivity contribution in [2.45, 2.75) is 6.92 Å². The molecule has 80 valence electrons. The van der Waals surface area contributed by atoms with E-state index in [1.54, 1.807) is 0 Å². The summed E-state index contributed by atoms with van der Waals surface area (Å²) in [4.78, 5) is 18.6. The Hall–Kier alpha value is 2.83. The summed E-state index contributed by atoms with van der Waals surface area (Å²) in [5.41, 5.74) is 1.32. The van der Waals surface area contributed by atoms with E-state index in [1.165, 1.54) is 5.56 Å². The third-order valence-electron chi connectivity index (χ3n) is 1.11. The maximum absolute atomic E-state index is 9.29. The molecule has 0 aromatic heterocycles. The number of benzene rings is 1. The molecule has 0 aliphatic rings. The van der Waals surface area contributed by atoms with Crippen LogP contribution >= 0.6 is 16.5 Å². The molecule has 0 aliphatic carbocycles. The Labute approximate surface area is 181 Å². The second-order valence-corrected chi connectivity index (χ2v) is 4.07. The number of hydrogen-bond donors (Lipinski definition) is 0. The number of aryl methyl sites for hydroxylation is 1. The number of rotatable bonds is 2. The molecule has 1 aromatic carbocycles. The molecular formula is C7H10K2O5P2. The molecule has 0 fully saturated rings. The summed E-state index contributed by atoms with van der Waals surface area (Å²) in [7, 11) is -7.03. The molecule has 0 amide bonds. The molecule has 2 atom stereocenters. The van der Waals surface area contributed by atoms with Crippen molar-refractivity contribution in [2.75, 3.05) is 0 Å². The topological polar surface area (TPSA) is 89.5 Å². The van der Waals surface area contributed by atoms with E-state index in [-0.39, 0.29) is 103 Å². The van der Waals surface area contributed by atoms with E-state index in [0.29, 0.717) is 0 Å². The van der Waals surface area contributed by atoms with Gasteiger partial charge in [0.25, 0.3) is 0 Å². The Morgan fingerprint density at radius 1 is 1.00 bits per heavy atom. The molecule has 0 aliphatic heterocycles. The van der Waals surface area contributed by atoms with Gasteiger partial charge in [-0.15, -0.1) is 0 Å². The fourth-order valence-electron chi connectivity index (χ4n) is 0.602. The van der Waals surface area contributed by atoms with Crippen LogP contribution in [-0.2, 0) is 13.4 Å². The summed E-state index contributed by atoms with van der Waals surface area (Å²) in [6, 6.07) is 10.3. The quantitative estimate of drug-likeness (QED) is 0.401. The molecule has 0 N–H and O–H groups in total. The molecule has 0 saturated heterocycles. The fraction of sp³-hybridized carbons (Fsp3) is 0.143. The normalized spacial score (nSPS) is 11.9. The van der Waals surface area contributed by atoms with Crippen molar-refractivity contribution in [3.63, 3.8) is 0 Å². The Bertz CT molecular complexity index is 297. The van der Waals surface area contributed by atoms with Gasteiger partial charge in [-0.25, -0.2) is 0 Å². The zero-order valence-electron chi connectivity index (χ0n) is 9.43. The van der Waals surface area contributed by atoms with Crippen molar-refractivity contribution < 1.29 is 126 Å². The minimum Gasteiger partial charge on any atom is -0.781 e. The molecule has 5 nitrogen and oxygen atoms in total. The van der Waals surface area contributed by atoms with Gasteiger partial charge in [0.1, 0.15) is 16.5 Å². The molecular weight excluding hydrogens is 304 g/mol. The van der Waals surface area contributed by atoms with Crippen LogP contribution in [-0.4, -0.2) is 0 Å². The van der Waals surface area contributed by atoms with Crippen LogP contribution in [0.15, 0.2) is 30.3 Å². The molecule has 2 unspecified atom stereocenters. The van der Waals surface area contributed by atoms with E-state index in [1.807, 2.05) is 18.2 Å². The van der Waals surface area contributed by atoms with Gasteiger partial charge in [-0.05, 0) is 6.92 Å². The Morgan fingerprint density at radius 3 is 1.50 bits per heavy atom. The molecule has 16 heavy (non-hydrogen) atoms. The van der Waals surface area contributed by atoms with E-state index in [0.717, 1.165) is 0 Å². The monoisotopic (exact) mass is 314 g/mol. The largest absolute Gasteiger partial charge is 1.00 e. The van der Waals surface area contributed by atoms with E-state index in [4.69, 9.17) is 0 Å². The zero-order valence-corrected chi connectivity index (χ0v) is 17.7. The van der Waals surface area contributed by atoms with Gasteiger partial charge in [0.15, 0.2) is 0 Å². The van der Waals surface area contributed by atoms with Crippen LogP contribution < -0.4 is 113 Å². The Kier molecular flexibility index (Phi) is 23.7. The second-order valence-electron chi connectivity index (χ2n) is 2.26. The summed E-state index contributed by atoms with van der Waals surface area (Å²) in [6.07, 6.45) is 0. The van der Waals surface area contributed by atoms with Crippen LogP contribution in [0.2, 0.25) is 0 Å². The summed E-state index contributed by atoms with van der Waals surface area (Å²) in [5.74, 6) is 0. The van der Waals surface area contributed by atoms with Gasteiger partial charge in [-0.2, -0.15) is 0 Å². The van der Waals surface area contributed by atoms with Gasteiger partial charge in [0.05, 0.1) is 0 Å². The van der Waals surface area contributed by atoms with Gasteiger partial charge in [0.2, 0.25) is 0 Å². The summed E-state index contributed by atoms with van der Waals surface area (Å²) < 4.78 is 21.8. The molecule has 0 heterocycles. The number of hydrogen-bond acceptors (Lipinski definition) is 5. The first-order valence-electron chi connectivity index (χ1n) is 3.64. The predicted molar refractivity (Wildman–Crippen MR) is 50.3 cm³/mol. The molecule has 0 bridgehead atoms. The fourth-order valence-corrected chi connectivity index (χ4v) is 1.15. The summed E-state index contributed by atoms with van der Waals surface area (Å²) in [6.45, 7) is 2.08. The molecule has 0 radical (unpaired) electrons. The summed E-state index contributed by atoms with van der Waals surface area (Å²) in [5, 5.41) is 0. The van der Waals surface area contributed by atoms with Crippen molar-refractivity contribution >= 4 is 16.5 Å². The molecule has 0 spiro atoms. The van der Waals surface area contributed by atoms with Crippen molar-refractivity contribution in [2.24, 2.45) is 0 Å². The minimum atomic E-state index is -3.51. The first-order valence-corrected chi connectivity index (χ1v) is 6.08. The van der Waals surface area contributed by atoms with Gasteiger partial charge < -0.3 is 18.9 Å². The van der Waals surface area contributed by atoms with Crippen molar-refractivity contribution in [3.05, 3.63) is 35.9 Å². The van der Waals surface area contributed by atoms with Crippen LogP contribution in [0.5, 0.6) is 0 Å². The third-order valence-corrected chi connectivity index (χ3v) is 2.44. The minimum absolute atomic E-state index is 0. The van der Waals surface area contributed by atoms with Gasteiger partial charge >= 0.3 is 103 Å². The average Bonchev–Trinajstić information content (AvgIpc) is 2.03. The molecule has 1 aromatic rings. The van der Waals surface area contributed by atoms with Crippen LogP contribution in [0, 0.1) is 6.92 Å². The zero-order chi connectivity index (χ0) is 11.0. The third kappa shape index (κ3) is 19.2. The maximum Gasteiger partial charge on any atom is 1.00 e.